The van der Waals surface area contributed by atoms with Crippen molar-refractivity contribution >= 4 is 22.7 Å². The number of ether oxygens (including phenoxy) is 1. The Labute approximate surface area is 204 Å². The van der Waals surface area contributed by atoms with E-state index in [1.165, 1.54) is 7.11 Å². The lowest BCUT2D eigenvalue weighted by molar-refractivity contribution is -0.131. The highest BCUT2D eigenvalue weighted by Crippen LogP contribution is 2.26. The predicted octanol–water partition coefficient (Wildman–Crippen LogP) is 4.07. The van der Waals surface area contributed by atoms with Crippen LogP contribution < -0.4 is 5.32 Å². The van der Waals surface area contributed by atoms with Gasteiger partial charge in [-0.25, -0.2) is 0 Å². The average Bonchev–Trinajstić information content (AvgIpc) is 3.36. The van der Waals surface area contributed by atoms with Crippen LogP contribution >= 0.6 is 0 Å². The minimum atomic E-state index is -0.672. The molecule has 1 atom stereocenters. The lowest BCUT2D eigenvalue weighted by Crippen LogP contribution is -2.37. The van der Waals surface area contributed by atoms with Crippen LogP contribution in [0.4, 0.5) is 0 Å². The van der Waals surface area contributed by atoms with Crippen LogP contribution in [-0.2, 0) is 29.0 Å². The maximum Gasteiger partial charge on any atom is 0.254 e. The maximum absolute atomic E-state index is 13.2. The fourth-order valence-corrected chi connectivity index (χ4v) is 4.79. The Kier molecular flexibility index (Phi) is 6.33. The summed E-state index contributed by atoms with van der Waals surface area (Å²) in [7, 11) is 1.54. The van der Waals surface area contributed by atoms with E-state index in [-0.39, 0.29) is 11.8 Å². The lowest BCUT2D eigenvalue weighted by atomic mass is 9.94. The normalized spacial score (nSPS) is 13.9. The Morgan fingerprint density at radius 3 is 2.80 bits per heavy atom. The van der Waals surface area contributed by atoms with E-state index >= 15 is 0 Å². The summed E-state index contributed by atoms with van der Waals surface area (Å²) in [5, 5.41) is 4.05. The summed E-state index contributed by atoms with van der Waals surface area (Å²) >= 11 is 0. The average molecular weight is 469 g/mol. The Morgan fingerprint density at radius 2 is 2.00 bits per heavy atom. The summed E-state index contributed by atoms with van der Waals surface area (Å²) in [5.74, 6) is -0.177. The van der Waals surface area contributed by atoms with Crippen molar-refractivity contribution < 1.29 is 14.3 Å². The molecular weight excluding hydrogens is 440 g/mol. The second-order valence-corrected chi connectivity index (χ2v) is 8.83. The van der Waals surface area contributed by atoms with E-state index in [4.69, 9.17) is 4.74 Å². The standard InChI is InChI=1S/C28H28N4O3/c1-18-24(16-31-27(33)26(35-2)19-6-4-3-5-7-19)23-11-13-32(17-22(23)15-30-18)28(34)21-8-9-25-20(14-21)10-12-29-25/h3-10,12,14-15,26,29H,11,13,16-17H2,1-2H3,(H,31,33). The van der Waals surface area contributed by atoms with Gasteiger partial charge in [-0.3, -0.25) is 14.6 Å². The molecular formula is C28H28N4O3. The molecule has 35 heavy (non-hydrogen) atoms. The number of H-pyrrole nitrogens is 1. The SMILES string of the molecule is COC(C(=O)NCc1c(C)ncc2c1CCN(C(=O)c1ccc3[nH]ccc3c1)C2)c1ccccc1. The Balaban J connectivity index is 1.31. The van der Waals surface area contributed by atoms with Gasteiger partial charge in [0.05, 0.1) is 0 Å². The van der Waals surface area contributed by atoms with Gasteiger partial charge in [0.15, 0.2) is 6.10 Å². The van der Waals surface area contributed by atoms with Crippen molar-refractivity contribution in [2.45, 2.75) is 32.5 Å². The molecule has 2 aromatic carbocycles. The zero-order valence-corrected chi connectivity index (χ0v) is 19.9. The molecule has 0 aliphatic carbocycles. The van der Waals surface area contributed by atoms with Crippen LogP contribution in [0.1, 0.15) is 44.4 Å². The number of aryl methyl sites for hydroxylation is 1. The van der Waals surface area contributed by atoms with E-state index in [0.717, 1.165) is 38.9 Å². The van der Waals surface area contributed by atoms with Gasteiger partial charge in [-0.1, -0.05) is 30.3 Å². The van der Waals surface area contributed by atoms with Gasteiger partial charge >= 0.3 is 0 Å². The largest absolute Gasteiger partial charge is 0.367 e. The molecule has 5 rings (SSSR count). The number of fused-ring (bicyclic) bond motifs is 2. The van der Waals surface area contributed by atoms with Crippen molar-refractivity contribution in [3.8, 4) is 0 Å². The van der Waals surface area contributed by atoms with Crippen LogP contribution in [0.5, 0.6) is 0 Å². The van der Waals surface area contributed by atoms with Crippen LogP contribution in [0.25, 0.3) is 10.9 Å². The van der Waals surface area contributed by atoms with E-state index in [2.05, 4.69) is 15.3 Å². The van der Waals surface area contributed by atoms with Crippen molar-refractivity contribution in [2.75, 3.05) is 13.7 Å². The molecule has 0 spiro atoms. The van der Waals surface area contributed by atoms with Gasteiger partial charge in [-0.2, -0.15) is 0 Å². The lowest BCUT2D eigenvalue weighted by Gasteiger charge is -2.30. The van der Waals surface area contributed by atoms with Gasteiger partial charge in [-0.15, -0.1) is 0 Å². The molecule has 2 aromatic heterocycles. The molecule has 0 bridgehead atoms. The van der Waals surface area contributed by atoms with Crippen molar-refractivity contribution in [1.82, 2.24) is 20.2 Å². The van der Waals surface area contributed by atoms with E-state index < -0.39 is 6.10 Å². The molecule has 2 N–H and O–H groups in total. The Bertz CT molecular complexity index is 1380. The molecule has 0 radical (unpaired) electrons. The van der Waals surface area contributed by atoms with Gasteiger partial charge in [-0.05, 0) is 59.9 Å². The molecule has 1 aliphatic rings. The number of amides is 2. The van der Waals surface area contributed by atoms with Crippen molar-refractivity contribution in [2.24, 2.45) is 0 Å². The Morgan fingerprint density at radius 1 is 1.17 bits per heavy atom. The fraction of sp³-hybridized carbons (Fsp3) is 0.250. The number of hydrogen-bond acceptors (Lipinski definition) is 4. The molecule has 7 heteroatoms. The fourth-order valence-electron chi connectivity index (χ4n) is 4.79. The smallest absolute Gasteiger partial charge is 0.254 e. The molecule has 7 nitrogen and oxygen atoms in total. The van der Waals surface area contributed by atoms with Crippen molar-refractivity contribution in [3.05, 3.63) is 101 Å². The second kappa shape index (κ2) is 9.72. The maximum atomic E-state index is 13.2. The van der Waals surface area contributed by atoms with Gasteiger partial charge in [0, 0.05) is 61.3 Å². The molecule has 178 valence electrons. The number of methoxy groups -OCH3 is 1. The van der Waals surface area contributed by atoms with Crippen LogP contribution in [0.2, 0.25) is 0 Å². The van der Waals surface area contributed by atoms with E-state index in [1.807, 2.05) is 78.8 Å². The molecule has 1 unspecified atom stereocenters. The van der Waals surface area contributed by atoms with Crippen LogP contribution in [0, 0.1) is 6.92 Å². The van der Waals surface area contributed by atoms with Crippen LogP contribution in [-0.4, -0.2) is 40.3 Å². The summed E-state index contributed by atoms with van der Waals surface area (Å²) in [5.41, 5.74) is 6.59. The van der Waals surface area contributed by atoms with Crippen LogP contribution in [0.3, 0.4) is 0 Å². The first-order chi connectivity index (χ1) is 17.0. The number of rotatable bonds is 6. The predicted molar refractivity (Wildman–Crippen MR) is 134 cm³/mol. The number of nitrogens with one attached hydrogen (secondary N) is 2. The number of carbonyl (C=O) groups is 2. The first-order valence-electron chi connectivity index (χ1n) is 11.7. The van der Waals surface area contributed by atoms with E-state index in [0.29, 0.717) is 31.6 Å². The zero-order valence-electron chi connectivity index (χ0n) is 19.9. The monoisotopic (exact) mass is 468 g/mol. The molecule has 3 heterocycles. The number of aromatic nitrogens is 2. The van der Waals surface area contributed by atoms with Crippen LogP contribution in [0.15, 0.2) is 67.0 Å². The summed E-state index contributed by atoms with van der Waals surface area (Å²) in [6.45, 7) is 3.44. The van der Waals surface area contributed by atoms with Gasteiger partial charge < -0.3 is 19.9 Å². The third kappa shape index (κ3) is 4.55. The molecule has 4 aromatic rings. The highest BCUT2D eigenvalue weighted by atomic mass is 16.5. The second-order valence-electron chi connectivity index (χ2n) is 8.83. The van der Waals surface area contributed by atoms with E-state index in [9.17, 15) is 9.59 Å². The van der Waals surface area contributed by atoms with Crippen molar-refractivity contribution in [3.63, 3.8) is 0 Å². The summed E-state index contributed by atoms with van der Waals surface area (Å²) in [6.07, 6.45) is 3.77. The third-order valence-electron chi connectivity index (χ3n) is 6.70. The number of carbonyl (C=O) groups excluding carboxylic acids is 2. The third-order valence-corrected chi connectivity index (χ3v) is 6.70. The number of nitrogens with zero attached hydrogens (tertiary/aromatic N) is 2. The molecule has 0 saturated heterocycles. The van der Waals surface area contributed by atoms with Gasteiger partial charge in [0.2, 0.25) is 0 Å². The highest BCUT2D eigenvalue weighted by Gasteiger charge is 2.26. The first kappa shape index (κ1) is 22.8. The minimum Gasteiger partial charge on any atom is -0.367 e. The first-order valence-corrected chi connectivity index (χ1v) is 11.7. The van der Waals surface area contributed by atoms with Crippen molar-refractivity contribution in [1.29, 1.82) is 0 Å². The minimum absolute atomic E-state index is 0.0139. The Hall–Kier alpha value is -3.97. The number of pyridine rings is 1. The molecule has 0 saturated carbocycles. The summed E-state index contributed by atoms with van der Waals surface area (Å²) in [6, 6.07) is 17.1. The van der Waals surface area contributed by atoms with Gasteiger partial charge in [0.25, 0.3) is 11.8 Å². The molecule has 1 aliphatic heterocycles. The topological polar surface area (TPSA) is 87.3 Å². The summed E-state index contributed by atoms with van der Waals surface area (Å²) < 4.78 is 5.46. The number of benzene rings is 2. The van der Waals surface area contributed by atoms with E-state index in [1.54, 1.807) is 0 Å². The summed E-state index contributed by atoms with van der Waals surface area (Å²) in [4.78, 5) is 35.7. The van der Waals surface area contributed by atoms with Gasteiger partial charge in [0.1, 0.15) is 0 Å². The number of hydrogen-bond donors (Lipinski definition) is 2. The molecule has 0 fully saturated rings. The molecule has 2 amide bonds. The highest BCUT2D eigenvalue weighted by molar-refractivity contribution is 5.98. The number of aromatic amines is 1. The quantitative estimate of drug-likeness (QED) is 0.447. The zero-order chi connectivity index (χ0) is 24.4.